The van der Waals surface area contributed by atoms with Crippen LogP contribution >= 0.6 is 0 Å². The van der Waals surface area contributed by atoms with Crippen LogP contribution in [0.5, 0.6) is 0 Å². The average molecular weight is 229 g/mol. The maximum absolute atomic E-state index is 5.75. The highest BCUT2D eigenvalue weighted by molar-refractivity contribution is 5.51. The van der Waals surface area contributed by atoms with E-state index in [1.165, 1.54) is 6.42 Å². The van der Waals surface area contributed by atoms with Crippen LogP contribution < -0.4 is 5.32 Å². The van der Waals surface area contributed by atoms with E-state index >= 15 is 0 Å². The first-order valence-corrected chi connectivity index (χ1v) is 6.03. The van der Waals surface area contributed by atoms with Crippen molar-refractivity contribution in [1.29, 1.82) is 0 Å². The second-order valence-corrected chi connectivity index (χ2v) is 4.35. The molecule has 1 aromatic carbocycles. The maximum atomic E-state index is 5.75. The van der Waals surface area contributed by atoms with Crippen molar-refractivity contribution in [3.05, 3.63) is 36.2 Å². The maximum Gasteiger partial charge on any atom is 0.247 e. The summed E-state index contributed by atoms with van der Waals surface area (Å²) in [6.07, 6.45) is 2.30. The molecule has 17 heavy (non-hydrogen) atoms. The van der Waals surface area contributed by atoms with Crippen molar-refractivity contribution < 1.29 is 4.42 Å². The Hall–Kier alpha value is -1.68. The quantitative estimate of drug-likeness (QED) is 0.857. The molecular weight excluding hydrogens is 214 g/mol. The lowest BCUT2D eigenvalue weighted by atomic mass is 10.00. The average Bonchev–Trinajstić information content (AvgIpc) is 2.90. The number of nitrogens with zero attached hydrogens (tertiary/aromatic N) is 2. The van der Waals surface area contributed by atoms with Gasteiger partial charge in [0.25, 0.3) is 0 Å². The Morgan fingerprint density at radius 1 is 1.18 bits per heavy atom. The Balaban J connectivity index is 1.83. The van der Waals surface area contributed by atoms with Crippen molar-refractivity contribution in [3.8, 4) is 11.5 Å². The van der Waals surface area contributed by atoms with E-state index in [0.717, 1.165) is 31.0 Å². The molecule has 4 nitrogen and oxygen atoms in total. The van der Waals surface area contributed by atoms with E-state index in [0.29, 0.717) is 11.8 Å². The first-order chi connectivity index (χ1) is 8.43. The topological polar surface area (TPSA) is 51.0 Å². The lowest BCUT2D eigenvalue weighted by Crippen LogP contribution is -2.28. The lowest BCUT2D eigenvalue weighted by molar-refractivity contribution is 0.380. The third-order valence-electron chi connectivity index (χ3n) is 3.11. The van der Waals surface area contributed by atoms with E-state index in [1.807, 2.05) is 30.3 Å². The van der Waals surface area contributed by atoms with Crippen LogP contribution in [0.3, 0.4) is 0 Å². The van der Waals surface area contributed by atoms with E-state index < -0.39 is 0 Å². The van der Waals surface area contributed by atoms with E-state index in [4.69, 9.17) is 4.42 Å². The molecule has 2 aromatic rings. The zero-order chi connectivity index (χ0) is 11.5. The monoisotopic (exact) mass is 229 g/mol. The number of aromatic nitrogens is 2. The SMILES string of the molecule is c1ccc(-c2nnc([C@H]3CCCNC3)o2)cc1. The van der Waals surface area contributed by atoms with E-state index in [1.54, 1.807) is 0 Å². The van der Waals surface area contributed by atoms with Gasteiger partial charge in [0, 0.05) is 18.0 Å². The highest BCUT2D eigenvalue weighted by Crippen LogP contribution is 2.25. The van der Waals surface area contributed by atoms with Crippen LogP contribution in [0.25, 0.3) is 11.5 Å². The van der Waals surface area contributed by atoms with Crippen molar-refractivity contribution in [2.45, 2.75) is 18.8 Å². The largest absolute Gasteiger partial charge is 0.420 e. The molecule has 0 aliphatic carbocycles. The molecule has 1 saturated heterocycles. The van der Waals surface area contributed by atoms with Gasteiger partial charge in [0.2, 0.25) is 11.8 Å². The summed E-state index contributed by atoms with van der Waals surface area (Å²) in [4.78, 5) is 0. The molecule has 1 fully saturated rings. The molecule has 1 N–H and O–H groups in total. The third-order valence-corrected chi connectivity index (χ3v) is 3.11. The Bertz CT molecular complexity index is 474. The second-order valence-electron chi connectivity index (χ2n) is 4.35. The molecule has 0 spiro atoms. The van der Waals surface area contributed by atoms with Crippen molar-refractivity contribution in [2.24, 2.45) is 0 Å². The molecule has 88 valence electrons. The van der Waals surface area contributed by atoms with Crippen LogP contribution in [0.1, 0.15) is 24.7 Å². The normalized spacial score (nSPS) is 20.4. The predicted molar refractivity (Wildman–Crippen MR) is 64.6 cm³/mol. The van der Waals surface area contributed by atoms with Gasteiger partial charge in [-0.15, -0.1) is 10.2 Å². The van der Waals surface area contributed by atoms with Crippen molar-refractivity contribution in [3.63, 3.8) is 0 Å². The van der Waals surface area contributed by atoms with Crippen molar-refractivity contribution in [2.75, 3.05) is 13.1 Å². The second kappa shape index (κ2) is 4.67. The minimum Gasteiger partial charge on any atom is -0.420 e. The molecule has 1 aromatic heterocycles. The molecule has 0 saturated carbocycles. The van der Waals surface area contributed by atoms with Crippen LogP contribution in [0.15, 0.2) is 34.7 Å². The third kappa shape index (κ3) is 2.22. The van der Waals surface area contributed by atoms with Crippen molar-refractivity contribution >= 4 is 0 Å². The van der Waals surface area contributed by atoms with Gasteiger partial charge in [0.15, 0.2) is 0 Å². The summed E-state index contributed by atoms with van der Waals surface area (Å²) in [5, 5.41) is 11.6. The van der Waals surface area contributed by atoms with E-state index in [9.17, 15) is 0 Å². The number of hydrogen-bond acceptors (Lipinski definition) is 4. The van der Waals surface area contributed by atoms with Gasteiger partial charge in [-0.1, -0.05) is 18.2 Å². The van der Waals surface area contributed by atoms with Gasteiger partial charge in [0.1, 0.15) is 0 Å². The standard InChI is InChI=1S/C13H15N3O/c1-2-5-10(6-3-1)12-15-16-13(17-12)11-7-4-8-14-9-11/h1-3,5-6,11,14H,4,7-9H2/t11-/m0/s1. The molecule has 0 bridgehead atoms. The Labute approximate surface area is 100 Å². The van der Waals surface area contributed by atoms with E-state index in [2.05, 4.69) is 15.5 Å². The van der Waals surface area contributed by atoms with Crippen LogP contribution in [0, 0.1) is 0 Å². The smallest absolute Gasteiger partial charge is 0.247 e. The fourth-order valence-corrected chi connectivity index (χ4v) is 2.16. The van der Waals surface area contributed by atoms with Gasteiger partial charge < -0.3 is 9.73 Å². The number of piperidine rings is 1. The number of benzene rings is 1. The minimum atomic E-state index is 0.369. The van der Waals surface area contributed by atoms with E-state index in [-0.39, 0.29) is 0 Å². The Morgan fingerprint density at radius 2 is 2.06 bits per heavy atom. The predicted octanol–water partition coefficient (Wildman–Crippen LogP) is 2.20. The van der Waals surface area contributed by atoms with Crippen LogP contribution in [0.2, 0.25) is 0 Å². The number of nitrogens with one attached hydrogen (secondary N) is 1. The first kappa shape index (κ1) is 10.5. The molecule has 2 heterocycles. The number of hydrogen-bond donors (Lipinski definition) is 1. The highest BCUT2D eigenvalue weighted by Gasteiger charge is 2.21. The molecular formula is C13H15N3O. The summed E-state index contributed by atoms with van der Waals surface area (Å²) < 4.78 is 5.75. The summed E-state index contributed by atoms with van der Waals surface area (Å²) in [6, 6.07) is 9.89. The molecule has 1 aliphatic heterocycles. The van der Waals surface area contributed by atoms with Gasteiger partial charge in [-0.3, -0.25) is 0 Å². The van der Waals surface area contributed by atoms with Gasteiger partial charge in [-0.25, -0.2) is 0 Å². The first-order valence-electron chi connectivity index (χ1n) is 6.03. The summed E-state index contributed by atoms with van der Waals surface area (Å²) in [7, 11) is 0. The molecule has 0 radical (unpaired) electrons. The molecule has 4 heteroatoms. The minimum absolute atomic E-state index is 0.369. The molecule has 1 aliphatic rings. The summed E-state index contributed by atoms with van der Waals surface area (Å²) in [6.45, 7) is 2.03. The summed E-state index contributed by atoms with van der Waals surface area (Å²) in [5.41, 5.74) is 0.981. The van der Waals surface area contributed by atoms with Crippen LogP contribution in [0.4, 0.5) is 0 Å². The Morgan fingerprint density at radius 3 is 2.82 bits per heavy atom. The lowest BCUT2D eigenvalue weighted by Gasteiger charge is -2.18. The summed E-state index contributed by atoms with van der Waals surface area (Å²) in [5.74, 6) is 1.75. The number of rotatable bonds is 2. The zero-order valence-electron chi connectivity index (χ0n) is 9.60. The van der Waals surface area contributed by atoms with Gasteiger partial charge in [0.05, 0.1) is 0 Å². The fraction of sp³-hybridized carbons (Fsp3) is 0.385. The highest BCUT2D eigenvalue weighted by atomic mass is 16.4. The zero-order valence-corrected chi connectivity index (χ0v) is 9.60. The van der Waals surface area contributed by atoms with Crippen molar-refractivity contribution in [1.82, 2.24) is 15.5 Å². The molecule has 0 unspecified atom stereocenters. The Kier molecular flexibility index (Phi) is 2.88. The van der Waals surface area contributed by atoms with Gasteiger partial charge in [-0.05, 0) is 31.5 Å². The summed E-state index contributed by atoms with van der Waals surface area (Å²) >= 11 is 0. The molecule has 1 atom stereocenters. The molecule has 0 amide bonds. The van der Waals surface area contributed by atoms with Crippen LogP contribution in [-0.2, 0) is 0 Å². The van der Waals surface area contributed by atoms with Crippen LogP contribution in [-0.4, -0.2) is 23.3 Å². The fourth-order valence-electron chi connectivity index (χ4n) is 2.16. The van der Waals surface area contributed by atoms with Gasteiger partial charge in [-0.2, -0.15) is 0 Å². The molecule has 3 rings (SSSR count). The van der Waals surface area contributed by atoms with Gasteiger partial charge >= 0.3 is 0 Å².